The molecule has 1 unspecified atom stereocenters. The second-order valence-corrected chi connectivity index (χ2v) is 8.44. The van der Waals surface area contributed by atoms with Gasteiger partial charge in [0, 0.05) is 35.1 Å². The van der Waals surface area contributed by atoms with Gasteiger partial charge in [-0.1, -0.05) is 26.8 Å². The first-order valence-electron chi connectivity index (χ1n) is 9.71. The van der Waals surface area contributed by atoms with Crippen molar-refractivity contribution in [1.29, 1.82) is 0 Å². The first-order valence-corrected chi connectivity index (χ1v) is 9.71. The van der Waals surface area contributed by atoms with E-state index in [-0.39, 0.29) is 11.1 Å². The fourth-order valence-corrected chi connectivity index (χ4v) is 3.22. The molecule has 2 N–H and O–H groups in total. The molecule has 1 atom stereocenters. The van der Waals surface area contributed by atoms with Crippen LogP contribution in [0.3, 0.4) is 0 Å². The van der Waals surface area contributed by atoms with Gasteiger partial charge in [0.1, 0.15) is 0 Å². The molecule has 0 spiro atoms. The largest absolute Gasteiger partial charge is 0.416 e. The van der Waals surface area contributed by atoms with Crippen LogP contribution in [0, 0.1) is 6.92 Å². The summed E-state index contributed by atoms with van der Waals surface area (Å²) in [4.78, 5) is 12.9. The molecule has 29 heavy (non-hydrogen) atoms. The molecule has 0 aliphatic rings. The number of nitrogens with zero attached hydrogens (tertiary/aromatic N) is 1. The van der Waals surface area contributed by atoms with Gasteiger partial charge in [0.2, 0.25) is 0 Å². The number of carbonyl (C=O) groups excluding carboxylic acids is 1. The second kappa shape index (κ2) is 8.61. The van der Waals surface area contributed by atoms with Crippen molar-refractivity contribution in [3.63, 3.8) is 0 Å². The fraction of sp³-hybridized carbons (Fsp3) is 0.500. The standard InChI is InChI=1S/C22H30F3N3O/c1-14(26-6)10-11-28-15(2)18(13-19(28)21(3,4)5)20(29)27-17-9-7-8-16(12-17)22(23,24)25/h7-9,12-14,26H,10-11H2,1-6H3,(H,27,29). The van der Waals surface area contributed by atoms with Crippen molar-refractivity contribution in [2.24, 2.45) is 0 Å². The first-order chi connectivity index (χ1) is 13.3. The number of alkyl halides is 3. The number of anilines is 1. The van der Waals surface area contributed by atoms with E-state index in [0.29, 0.717) is 11.6 Å². The van der Waals surface area contributed by atoms with Gasteiger partial charge in [-0.25, -0.2) is 0 Å². The van der Waals surface area contributed by atoms with E-state index in [0.717, 1.165) is 36.5 Å². The molecule has 7 heteroatoms. The van der Waals surface area contributed by atoms with Crippen LogP contribution in [0.25, 0.3) is 0 Å². The third kappa shape index (κ3) is 5.63. The maximum atomic E-state index is 12.9. The average Bonchev–Trinajstić information content (AvgIpc) is 2.96. The Balaban J connectivity index is 2.34. The Hall–Kier alpha value is -2.28. The van der Waals surface area contributed by atoms with Crippen LogP contribution in [0.15, 0.2) is 30.3 Å². The highest BCUT2D eigenvalue weighted by atomic mass is 19.4. The van der Waals surface area contributed by atoms with Crippen LogP contribution in [0.5, 0.6) is 0 Å². The van der Waals surface area contributed by atoms with Crippen molar-refractivity contribution < 1.29 is 18.0 Å². The molecule has 0 saturated heterocycles. The normalized spacial score (nSPS) is 13.4. The van der Waals surface area contributed by atoms with Crippen LogP contribution < -0.4 is 10.6 Å². The molecule has 0 bridgehead atoms. The molecule has 0 radical (unpaired) electrons. The zero-order chi connectivity index (χ0) is 22.0. The molecule has 1 aromatic carbocycles. The number of hydrogen-bond donors (Lipinski definition) is 2. The lowest BCUT2D eigenvalue weighted by Crippen LogP contribution is -2.25. The van der Waals surface area contributed by atoms with E-state index in [2.05, 4.69) is 42.9 Å². The Morgan fingerprint density at radius 2 is 1.83 bits per heavy atom. The van der Waals surface area contributed by atoms with Gasteiger partial charge in [0.05, 0.1) is 11.1 Å². The molecule has 160 valence electrons. The Bertz CT molecular complexity index is 863. The van der Waals surface area contributed by atoms with Crippen molar-refractivity contribution in [2.75, 3.05) is 12.4 Å². The van der Waals surface area contributed by atoms with E-state index >= 15 is 0 Å². The van der Waals surface area contributed by atoms with Gasteiger partial charge in [-0.3, -0.25) is 4.79 Å². The van der Waals surface area contributed by atoms with E-state index in [9.17, 15) is 18.0 Å². The summed E-state index contributed by atoms with van der Waals surface area (Å²) in [5.41, 5.74) is 1.46. The van der Waals surface area contributed by atoms with Crippen molar-refractivity contribution in [3.8, 4) is 0 Å². The first kappa shape index (κ1) is 23.0. The molecule has 0 aliphatic heterocycles. The van der Waals surface area contributed by atoms with Crippen LogP contribution >= 0.6 is 0 Å². The highest BCUT2D eigenvalue weighted by Crippen LogP contribution is 2.32. The summed E-state index contributed by atoms with van der Waals surface area (Å²) in [6.45, 7) is 10.9. The quantitative estimate of drug-likeness (QED) is 0.674. The van der Waals surface area contributed by atoms with Crippen molar-refractivity contribution in [2.45, 2.75) is 65.2 Å². The summed E-state index contributed by atoms with van der Waals surface area (Å²) < 4.78 is 40.9. The summed E-state index contributed by atoms with van der Waals surface area (Å²) in [5, 5.41) is 5.82. The molecule has 0 fully saturated rings. The Morgan fingerprint density at radius 3 is 2.38 bits per heavy atom. The molecule has 2 rings (SSSR count). The van der Waals surface area contributed by atoms with E-state index < -0.39 is 17.6 Å². The number of amides is 1. The third-order valence-corrected chi connectivity index (χ3v) is 5.11. The van der Waals surface area contributed by atoms with Gasteiger partial charge >= 0.3 is 6.18 Å². The lowest BCUT2D eigenvalue weighted by molar-refractivity contribution is -0.137. The lowest BCUT2D eigenvalue weighted by atomic mass is 9.91. The van der Waals surface area contributed by atoms with Crippen molar-refractivity contribution >= 4 is 11.6 Å². The zero-order valence-corrected chi connectivity index (χ0v) is 17.9. The predicted molar refractivity (Wildman–Crippen MR) is 110 cm³/mol. The molecule has 0 aliphatic carbocycles. The van der Waals surface area contributed by atoms with Gasteiger partial charge < -0.3 is 15.2 Å². The van der Waals surface area contributed by atoms with Crippen LogP contribution in [-0.4, -0.2) is 23.6 Å². The minimum Gasteiger partial charge on any atom is -0.347 e. The molecule has 1 aromatic heterocycles. The maximum absolute atomic E-state index is 12.9. The average molecular weight is 409 g/mol. The van der Waals surface area contributed by atoms with Crippen LogP contribution in [-0.2, 0) is 18.1 Å². The number of rotatable bonds is 6. The van der Waals surface area contributed by atoms with Crippen molar-refractivity contribution in [1.82, 2.24) is 9.88 Å². The van der Waals surface area contributed by atoms with Crippen LogP contribution in [0.1, 0.15) is 61.4 Å². The minimum atomic E-state index is -4.45. The van der Waals surface area contributed by atoms with Gasteiger partial charge in [0.15, 0.2) is 0 Å². The number of aromatic nitrogens is 1. The summed E-state index contributed by atoms with van der Waals surface area (Å²) in [5.74, 6) is -0.410. The number of benzene rings is 1. The highest BCUT2D eigenvalue weighted by molar-refractivity contribution is 6.05. The molecule has 2 aromatic rings. The number of carbonyl (C=O) groups is 1. The van der Waals surface area contributed by atoms with Crippen molar-refractivity contribution in [3.05, 3.63) is 52.8 Å². The lowest BCUT2D eigenvalue weighted by Gasteiger charge is -2.23. The topological polar surface area (TPSA) is 46.1 Å². The van der Waals surface area contributed by atoms with Gasteiger partial charge in [-0.05, 0) is 51.6 Å². The Morgan fingerprint density at radius 1 is 1.17 bits per heavy atom. The summed E-state index contributed by atoms with van der Waals surface area (Å²) in [6.07, 6.45) is -3.56. The molecular weight excluding hydrogens is 379 g/mol. The summed E-state index contributed by atoms with van der Waals surface area (Å²) in [7, 11) is 1.91. The minimum absolute atomic E-state index is 0.123. The number of nitrogens with one attached hydrogen (secondary N) is 2. The summed E-state index contributed by atoms with van der Waals surface area (Å²) in [6, 6.07) is 6.85. The monoisotopic (exact) mass is 409 g/mol. The van der Waals surface area contributed by atoms with E-state index in [1.165, 1.54) is 12.1 Å². The number of halogens is 3. The Labute approximate surface area is 170 Å². The summed E-state index contributed by atoms with van der Waals surface area (Å²) >= 11 is 0. The van der Waals surface area contributed by atoms with Gasteiger partial charge in [0.25, 0.3) is 5.91 Å². The smallest absolute Gasteiger partial charge is 0.347 e. The maximum Gasteiger partial charge on any atom is 0.416 e. The molecule has 4 nitrogen and oxygen atoms in total. The van der Waals surface area contributed by atoms with Gasteiger partial charge in [-0.2, -0.15) is 13.2 Å². The SMILES string of the molecule is CNC(C)CCn1c(C(C)(C)C)cc(C(=O)Nc2cccc(C(F)(F)F)c2)c1C. The predicted octanol–water partition coefficient (Wildman–Crippen LogP) is 5.36. The molecular formula is C22H30F3N3O. The van der Waals surface area contributed by atoms with E-state index in [1.807, 2.05) is 20.0 Å². The van der Waals surface area contributed by atoms with E-state index in [4.69, 9.17) is 0 Å². The molecule has 1 heterocycles. The zero-order valence-electron chi connectivity index (χ0n) is 17.9. The fourth-order valence-electron chi connectivity index (χ4n) is 3.22. The second-order valence-electron chi connectivity index (χ2n) is 8.44. The third-order valence-electron chi connectivity index (χ3n) is 5.11. The molecule has 0 saturated carbocycles. The van der Waals surface area contributed by atoms with Gasteiger partial charge in [-0.15, -0.1) is 0 Å². The van der Waals surface area contributed by atoms with Crippen LogP contribution in [0.2, 0.25) is 0 Å². The van der Waals surface area contributed by atoms with E-state index in [1.54, 1.807) is 0 Å². The highest BCUT2D eigenvalue weighted by Gasteiger charge is 2.31. The number of hydrogen-bond acceptors (Lipinski definition) is 2. The molecule has 1 amide bonds. The Kier molecular flexibility index (Phi) is 6.83. The van der Waals surface area contributed by atoms with Crippen LogP contribution in [0.4, 0.5) is 18.9 Å².